The Kier molecular flexibility index (Phi) is 7.30. The third-order valence-corrected chi connectivity index (χ3v) is 5.35. The third kappa shape index (κ3) is 5.04. The minimum Gasteiger partial charge on any atom is -0.493 e. The first-order valence-electron chi connectivity index (χ1n) is 8.41. The van der Waals surface area contributed by atoms with E-state index in [0.717, 1.165) is 21.2 Å². The lowest BCUT2D eigenvalue weighted by molar-refractivity contribution is -0.116. The monoisotopic (exact) mass is 433 g/mol. The van der Waals surface area contributed by atoms with Crippen LogP contribution in [0.2, 0.25) is 0 Å². The summed E-state index contributed by atoms with van der Waals surface area (Å²) in [6, 6.07) is 7.64. The quantitative estimate of drug-likeness (QED) is 0.656. The van der Waals surface area contributed by atoms with E-state index in [1.165, 1.54) is 11.6 Å². The number of benzene rings is 2. The molecule has 2 aromatic rings. The van der Waals surface area contributed by atoms with Crippen LogP contribution >= 0.6 is 15.9 Å². The molecule has 0 atom stereocenters. The molecule has 0 spiro atoms. The van der Waals surface area contributed by atoms with Crippen molar-refractivity contribution in [2.75, 3.05) is 21.3 Å². The standard InChI is InChI=1S/C21H24BrNO4/c1-13-6-7-16(20(22)14(13)2)8-9-19(24)23-12-15-10-17(25-3)21(27-5)18(11-15)26-4/h6-11H,12H2,1-5H3,(H,23,24)/b9-8+. The van der Waals surface area contributed by atoms with Gasteiger partial charge in [-0.15, -0.1) is 0 Å². The van der Waals surface area contributed by atoms with Gasteiger partial charge >= 0.3 is 0 Å². The fourth-order valence-corrected chi connectivity index (χ4v) is 3.16. The second-order valence-corrected chi connectivity index (χ2v) is 6.79. The van der Waals surface area contributed by atoms with Crippen LogP contribution in [0, 0.1) is 13.8 Å². The lowest BCUT2D eigenvalue weighted by Crippen LogP contribution is -2.20. The number of amides is 1. The van der Waals surface area contributed by atoms with Crippen molar-refractivity contribution in [3.8, 4) is 17.2 Å². The van der Waals surface area contributed by atoms with Crippen LogP contribution in [0.25, 0.3) is 6.08 Å². The summed E-state index contributed by atoms with van der Waals surface area (Å²) in [5, 5.41) is 2.86. The Hall–Kier alpha value is -2.47. The van der Waals surface area contributed by atoms with E-state index in [2.05, 4.69) is 28.2 Å². The van der Waals surface area contributed by atoms with Crippen LogP contribution in [-0.4, -0.2) is 27.2 Å². The van der Waals surface area contributed by atoms with E-state index in [9.17, 15) is 4.79 Å². The molecule has 0 bridgehead atoms. The lowest BCUT2D eigenvalue weighted by Gasteiger charge is -2.14. The van der Waals surface area contributed by atoms with Crippen molar-refractivity contribution in [3.05, 3.63) is 57.1 Å². The van der Waals surface area contributed by atoms with Crippen molar-refractivity contribution in [3.63, 3.8) is 0 Å². The van der Waals surface area contributed by atoms with E-state index in [0.29, 0.717) is 23.8 Å². The van der Waals surface area contributed by atoms with Crippen LogP contribution in [0.1, 0.15) is 22.3 Å². The number of methoxy groups -OCH3 is 3. The summed E-state index contributed by atoms with van der Waals surface area (Å²) in [5.41, 5.74) is 4.17. The van der Waals surface area contributed by atoms with E-state index in [1.54, 1.807) is 27.4 Å². The number of ether oxygens (including phenoxy) is 3. The largest absolute Gasteiger partial charge is 0.493 e. The van der Waals surface area contributed by atoms with Crippen molar-refractivity contribution >= 4 is 27.9 Å². The molecule has 0 heterocycles. The van der Waals surface area contributed by atoms with Gasteiger partial charge in [-0.2, -0.15) is 0 Å². The molecule has 1 amide bonds. The minimum atomic E-state index is -0.186. The topological polar surface area (TPSA) is 56.8 Å². The van der Waals surface area contributed by atoms with Gasteiger partial charge in [0.15, 0.2) is 11.5 Å². The Morgan fingerprint density at radius 3 is 2.26 bits per heavy atom. The van der Waals surface area contributed by atoms with Crippen molar-refractivity contribution in [1.82, 2.24) is 5.32 Å². The molecule has 6 heteroatoms. The van der Waals surface area contributed by atoms with Crippen LogP contribution in [0.15, 0.2) is 34.8 Å². The summed E-state index contributed by atoms with van der Waals surface area (Å²) in [6.07, 6.45) is 3.31. The number of aryl methyl sites for hydroxylation is 1. The van der Waals surface area contributed by atoms with Crippen molar-refractivity contribution in [2.45, 2.75) is 20.4 Å². The molecule has 1 N–H and O–H groups in total. The Morgan fingerprint density at radius 2 is 1.70 bits per heavy atom. The molecule has 0 aliphatic carbocycles. The Morgan fingerprint density at radius 1 is 1.07 bits per heavy atom. The maximum absolute atomic E-state index is 12.2. The first-order chi connectivity index (χ1) is 12.9. The van der Waals surface area contributed by atoms with E-state index in [-0.39, 0.29) is 5.91 Å². The fourth-order valence-electron chi connectivity index (χ4n) is 2.58. The zero-order valence-electron chi connectivity index (χ0n) is 16.2. The first-order valence-corrected chi connectivity index (χ1v) is 9.21. The van der Waals surface area contributed by atoms with E-state index in [4.69, 9.17) is 14.2 Å². The van der Waals surface area contributed by atoms with Crippen molar-refractivity contribution < 1.29 is 19.0 Å². The molecular weight excluding hydrogens is 410 g/mol. The van der Waals surface area contributed by atoms with Crippen LogP contribution in [-0.2, 0) is 11.3 Å². The van der Waals surface area contributed by atoms with Gasteiger partial charge in [0.25, 0.3) is 0 Å². The van der Waals surface area contributed by atoms with Gasteiger partial charge in [-0.05, 0) is 70.2 Å². The SMILES string of the molecule is COc1cc(CNC(=O)/C=C/c2ccc(C)c(C)c2Br)cc(OC)c1OC. The smallest absolute Gasteiger partial charge is 0.244 e. The average molecular weight is 434 g/mol. The van der Waals surface area contributed by atoms with Gasteiger partial charge in [-0.1, -0.05) is 12.1 Å². The highest BCUT2D eigenvalue weighted by Gasteiger charge is 2.13. The molecule has 0 radical (unpaired) electrons. The Bertz CT molecular complexity index is 836. The molecule has 0 saturated heterocycles. The molecular formula is C21H24BrNO4. The van der Waals surface area contributed by atoms with Gasteiger partial charge in [0.1, 0.15) is 0 Å². The lowest BCUT2D eigenvalue weighted by atomic mass is 10.1. The van der Waals surface area contributed by atoms with Gasteiger partial charge in [0, 0.05) is 17.1 Å². The minimum absolute atomic E-state index is 0.186. The normalized spacial score (nSPS) is 10.7. The Labute approximate surface area is 168 Å². The summed E-state index contributed by atoms with van der Waals surface area (Å²) < 4.78 is 17.0. The molecule has 27 heavy (non-hydrogen) atoms. The first kappa shape index (κ1) is 20.8. The number of carbonyl (C=O) groups is 1. The highest BCUT2D eigenvalue weighted by molar-refractivity contribution is 9.10. The van der Waals surface area contributed by atoms with Crippen LogP contribution < -0.4 is 19.5 Å². The number of hydrogen-bond acceptors (Lipinski definition) is 4. The predicted molar refractivity (Wildman–Crippen MR) is 111 cm³/mol. The second kappa shape index (κ2) is 9.46. The second-order valence-electron chi connectivity index (χ2n) is 6.00. The summed E-state index contributed by atoms with van der Waals surface area (Å²) in [7, 11) is 4.67. The number of halogens is 1. The summed E-state index contributed by atoms with van der Waals surface area (Å²) in [5.74, 6) is 1.44. The molecule has 2 rings (SSSR count). The summed E-state index contributed by atoms with van der Waals surface area (Å²) in [6.45, 7) is 4.44. The number of carbonyl (C=O) groups excluding carboxylic acids is 1. The average Bonchev–Trinajstić information content (AvgIpc) is 2.68. The molecule has 2 aromatic carbocycles. The van der Waals surface area contributed by atoms with Crippen molar-refractivity contribution in [1.29, 1.82) is 0 Å². The molecule has 5 nitrogen and oxygen atoms in total. The predicted octanol–water partition coefficient (Wildman–Crippen LogP) is 4.42. The number of rotatable bonds is 7. The molecule has 0 aromatic heterocycles. The molecule has 0 unspecified atom stereocenters. The van der Waals surface area contributed by atoms with Crippen molar-refractivity contribution in [2.24, 2.45) is 0 Å². The highest BCUT2D eigenvalue weighted by Crippen LogP contribution is 2.38. The van der Waals surface area contributed by atoms with Crippen LogP contribution in [0.4, 0.5) is 0 Å². The van der Waals surface area contributed by atoms with E-state index in [1.807, 2.05) is 31.2 Å². The van der Waals surface area contributed by atoms with Crippen LogP contribution in [0.3, 0.4) is 0 Å². The number of hydrogen-bond donors (Lipinski definition) is 1. The molecule has 0 fully saturated rings. The van der Waals surface area contributed by atoms with Gasteiger partial charge in [-0.25, -0.2) is 0 Å². The molecule has 144 valence electrons. The molecule has 0 saturated carbocycles. The van der Waals surface area contributed by atoms with E-state index < -0.39 is 0 Å². The van der Waals surface area contributed by atoms with Gasteiger partial charge in [-0.3, -0.25) is 4.79 Å². The molecule has 0 aliphatic heterocycles. The van der Waals surface area contributed by atoms with Gasteiger partial charge < -0.3 is 19.5 Å². The summed E-state index contributed by atoms with van der Waals surface area (Å²) in [4.78, 5) is 12.2. The summed E-state index contributed by atoms with van der Waals surface area (Å²) >= 11 is 3.58. The van der Waals surface area contributed by atoms with Gasteiger partial charge in [0.05, 0.1) is 21.3 Å². The molecule has 0 aliphatic rings. The Balaban J connectivity index is 2.08. The zero-order chi connectivity index (χ0) is 20.0. The zero-order valence-corrected chi connectivity index (χ0v) is 17.8. The number of nitrogens with one attached hydrogen (secondary N) is 1. The third-order valence-electron chi connectivity index (χ3n) is 4.29. The fraction of sp³-hybridized carbons (Fsp3) is 0.286. The van der Waals surface area contributed by atoms with Gasteiger partial charge in [0.2, 0.25) is 11.7 Å². The highest BCUT2D eigenvalue weighted by atomic mass is 79.9. The maximum Gasteiger partial charge on any atom is 0.244 e. The maximum atomic E-state index is 12.2. The van der Waals surface area contributed by atoms with Crippen LogP contribution in [0.5, 0.6) is 17.2 Å². The van der Waals surface area contributed by atoms with E-state index >= 15 is 0 Å².